The van der Waals surface area contributed by atoms with Gasteiger partial charge in [0.2, 0.25) is 5.91 Å². The molecule has 0 radical (unpaired) electrons. The highest BCUT2D eigenvalue weighted by Crippen LogP contribution is 2.21. The summed E-state index contributed by atoms with van der Waals surface area (Å²) in [6, 6.07) is 12.0. The van der Waals surface area contributed by atoms with Crippen molar-refractivity contribution in [3.05, 3.63) is 59.9 Å². The fourth-order valence-corrected chi connectivity index (χ4v) is 5.09. The van der Waals surface area contributed by atoms with Crippen LogP contribution in [0.2, 0.25) is 0 Å². The van der Waals surface area contributed by atoms with Crippen LogP contribution in [0.15, 0.2) is 53.4 Å². The lowest BCUT2D eigenvalue weighted by Gasteiger charge is -2.31. The second-order valence-corrected chi connectivity index (χ2v) is 10.1. The van der Waals surface area contributed by atoms with Gasteiger partial charge >= 0.3 is 0 Å². The van der Waals surface area contributed by atoms with Crippen LogP contribution >= 0.6 is 0 Å². The van der Waals surface area contributed by atoms with Crippen LogP contribution < -0.4 is 10.0 Å². The van der Waals surface area contributed by atoms with Crippen molar-refractivity contribution in [1.82, 2.24) is 10.2 Å². The monoisotopic (exact) mass is 461 g/mol. The topological polar surface area (TPSA) is 78.5 Å². The molecule has 174 valence electrons. The predicted molar refractivity (Wildman–Crippen MR) is 124 cm³/mol. The first-order valence-corrected chi connectivity index (χ1v) is 12.7. The van der Waals surface area contributed by atoms with Gasteiger partial charge in [0.25, 0.3) is 10.0 Å². The number of hydrogen-bond donors (Lipinski definition) is 2. The third-order valence-corrected chi connectivity index (χ3v) is 7.30. The molecule has 1 amide bonds. The Hall–Kier alpha value is -2.45. The number of carbonyl (C=O) groups is 1. The van der Waals surface area contributed by atoms with Gasteiger partial charge in [-0.1, -0.05) is 31.4 Å². The molecule has 0 heterocycles. The van der Waals surface area contributed by atoms with Gasteiger partial charge in [0.15, 0.2) is 0 Å². The zero-order valence-corrected chi connectivity index (χ0v) is 19.3. The van der Waals surface area contributed by atoms with Crippen molar-refractivity contribution < 1.29 is 17.6 Å². The Morgan fingerprint density at radius 3 is 2.34 bits per heavy atom. The predicted octanol–water partition coefficient (Wildman–Crippen LogP) is 3.94. The molecule has 2 aromatic carbocycles. The molecule has 2 N–H and O–H groups in total. The Balaban J connectivity index is 1.41. The molecule has 0 aliphatic heterocycles. The molecule has 8 heteroatoms. The summed E-state index contributed by atoms with van der Waals surface area (Å²) in [5.41, 5.74) is 1.18. The molecule has 0 unspecified atom stereocenters. The van der Waals surface area contributed by atoms with Gasteiger partial charge in [-0.2, -0.15) is 0 Å². The summed E-state index contributed by atoms with van der Waals surface area (Å²) in [5.74, 6) is -0.548. The standard InChI is InChI=1S/C24H32FN3O3S/c1-28(22-6-3-2-4-7-22)17-5-16-26-24(29)18-19-8-12-21(13-9-19)27-32(30,31)23-14-10-20(25)11-15-23/h8-15,22,27H,2-7,16-18H2,1H3,(H,26,29). The lowest BCUT2D eigenvalue weighted by atomic mass is 9.94. The quantitative estimate of drug-likeness (QED) is 0.526. The van der Waals surface area contributed by atoms with Gasteiger partial charge in [-0.05, 0) is 74.8 Å². The number of sulfonamides is 1. The van der Waals surface area contributed by atoms with Gasteiger partial charge in [-0.3, -0.25) is 9.52 Å². The van der Waals surface area contributed by atoms with Crippen molar-refractivity contribution in [1.29, 1.82) is 0 Å². The maximum atomic E-state index is 13.0. The van der Waals surface area contributed by atoms with E-state index in [0.29, 0.717) is 18.3 Å². The number of benzene rings is 2. The fraction of sp³-hybridized carbons (Fsp3) is 0.458. The van der Waals surface area contributed by atoms with Gasteiger partial charge < -0.3 is 10.2 Å². The maximum Gasteiger partial charge on any atom is 0.261 e. The first kappa shape index (κ1) is 24.2. The van der Waals surface area contributed by atoms with Crippen LogP contribution in [0.25, 0.3) is 0 Å². The average molecular weight is 462 g/mol. The second kappa shape index (κ2) is 11.4. The van der Waals surface area contributed by atoms with E-state index in [0.717, 1.165) is 30.7 Å². The van der Waals surface area contributed by atoms with Crippen molar-refractivity contribution in [3.8, 4) is 0 Å². The summed E-state index contributed by atoms with van der Waals surface area (Å²) in [4.78, 5) is 14.6. The molecule has 1 fully saturated rings. The molecular weight excluding hydrogens is 429 g/mol. The Bertz CT molecular complexity index is 973. The molecule has 1 aliphatic carbocycles. The van der Waals surface area contributed by atoms with Crippen LogP contribution in [0.5, 0.6) is 0 Å². The van der Waals surface area contributed by atoms with E-state index in [1.165, 1.54) is 44.2 Å². The molecule has 3 rings (SSSR count). The molecule has 0 saturated heterocycles. The Kier molecular flexibility index (Phi) is 8.64. The van der Waals surface area contributed by atoms with Crippen molar-refractivity contribution in [2.24, 2.45) is 0 Å². The molecule has 0 spiro atoms. The molecule has 1 aliphatic rings. The third-order valence-electron chi connectivity index (χ3n) is 5.90. The average Bonchev–Trinajstić information content (AvgIpc) is 2.78. The zero-order valence-electron chi connectivity index (χ0n) is 18.5. The van der Waals surface area contributed by atoms with Crippen LogP contribution in [-0.2, 0) is 21.2 Å². The summed E-state index contributed by atoms with van der Waals surface area (Å²) in [5, 5.41) is 2.96. The Labute approximate surface area is 190 Å². The SMILES string of the molecule is CN(CCCNC(=O)Cc1ccc(NS(=O)(=O)c2ccc(F)cc2)cc1)C1CCCCC1. The third kappa shape index (κ3) is 7.31. The number of anilines is 1. The highest BCUT2D eigenvalue weighted by atomic mass is 32.2. The van der Waals surface area contributed by atoms with Crippen molar-refractivity contribution in [2.45, 2.75) is 55.9 Å². The summed E-state index contributed by atoms with van der Waals surface area (Å²) in [6.45, 7) is 1.62. The van der Waals surface area contributed by atoms with Crippen LogP contribution in [0.1, 0.15) is 44.1 Å². The first-order valence-electron chi connectivity index (χ1n) is 11.2. The molecule has 6 nitrogen and oxygen atoms in total. The minimum absolute atomic E-state index is 0.0171. The lowest BCUT2D eigenvalue weighted by molar-refractivity contribution is -0.120. The van der Waals surface area contributed by atoms with Gasteiger partial charge in [0, 0.05) is 18.3 Å². The summed E-state index contributed by atoms with van der Waals surface area (Å²) < 4.78 is 40.2. The molecule has 0 bridgehead atoms. The molecular formula is C24H32FN3O3S. The molecule has 2 aromatic rings. The second-order valence-electron chi connectivity index (χ2n) is 8.41. The maximum absolute atomic E-state index is 13.0. The lowest BCUT2D eigenvalue weighted by Crippen LogP contribution is -2.36. The number of halogens is 1. The molecule has 1 saturated carbocycles. The smallest absolute Gasteiger partial charge is 0.261 e. The number of rotatable bonds is 10. The van der Waals surface area contributed by atoms with E-state index in [-0.39, 0.29) is 17.2 Å². The van der Waals surface area contributed by atoms with Crippen LogP contribution in [-0.4, -0.2) is 45.4 Å². The summed E-state index contributed by atoms with van der Waals surface area (Å²) in [6.07, 6.45) is 7.70. The number of amides is 1. The van der Waals surface area contributed by atoms with Gasteiger partial charge in [0.1, 0.15) is 5.82 Å². The Morgan fingerprint density at radius 1 is 1.03 bits per heavy atom. The van der Waals surface area contributed by atoms with E-state index in [9.17, 15) is 17.6 Å². The number of nitrogens with one attached hydrogen (secondary N) is 2. The molecule has 0 atom stereocenters. The van der Waals surface area contributed by atoms with E-state index in [4.69, 9.17) is 0 Å². The zero-order chi connectivity index (χ0) is 23.0. The number of hydrogen-bond acceptors (Lipinski definition) is 4. The van der Waals surface area contributed by atoms with E-state index >= 15 is 0 Å². The minimum Gasteiger partial charge on any atom is -0.356 e. The van der Waals surface area contributed by atoms with Crippen molar-refractivity contribution in [2.75, 3.05) is 24.9 Å². The van der Waals surface area contributed by atoms with E-state index in [1.54, 1.807) is 24.3 Å². The largest absolute Gasteiger partial charge is 0.356 e. The molecule has 32 heavy (non-hydrogen) atoms. The van der Waals surface area contributed by atoms with Crippen molar-refractivity contribution in [3.63, 3.8) is 0 Å². The van der Waals surface area contributed by atoms with E-state index < -0.39 is 15.8 Å². The van der Waals surface area contributed by atoms with Crippen LogP contribution in [0.4, 0.5) is 10.1 Å². The van der Waals surface area contributed by atoms with Gasteiger partial charge in [-0.15, -0.1) is 0 Å². The highest BCUT2D eigenvalue weighted by molar-refractivity contribution is 7.92. The minimum atomic E-state index is -3.80. The van der Waals surface area contributed by atoms with Gasteiger partial charge in [0.05, 0.1) is 11.3 Å². The van der Waals surface area contributed by atoms with Gasteiger partial charge in [-0.25, -0.2) is 12.8 Å². The fourth-order valence-electron chi connectivity index (χ4n) is 4.03. The van der Waals surface area contributed by atoms with Crippen molar-refractivity contribution >= 4 is 21.6 Å². The normalized spacial score (nSPS) is 15.0. The highest BCUT2D eigenvalue weighted by Gasteiger charge is 2.17. The first-order chi connectivity index (χ1) is 15.3. The summed E-state index contributed by atoms with van der Waals surface area (Å²) >= 11 is 0. The number of nitrogens with zero attached hydrogens (tertiary/aromatic N) is 1. The number of carbonyl (C=O) groups excluding carboxylic acids is 1. The van der Waals surface area contributed by atoms with Crippen LogP contribution in [0.3, 0.4) is 0 Å². The van der Waals surface area contributed by atoms with E-state index in [2.05, 4.69) is 22.0 Å². The Morgan fingerprint density at radius 2 is 1.69 bits per heavy atom. The molecule has 0 aromatic heterocycles. The van der Waals surface area contributed by atoms with E-state index in [1.807, 2.05) is 0 Å². The van der Waals surface area contributed by atoms with Crippen LogP contribution in [0, 0.1) is 5.82 Å². The summed E-state index contributed by atoms with van der Waals surface area (Å²) in [7, 11) is -1.63.